The predicted molar refractivity (Wildman–Crippen MR) is 111 cm³/mol. The van der Waals surface area contributed by atoms with Crippen LogP contribution < -0.4 is 4.90 Å². The van der Waals surface area contributed by atoms with Crippen molar-refractivity contribution in [1.29, 1.82) is 0 Å². The molecule has 1 aromatic carbocycles. The van der Waals surface area contributed by atoms with E-state index in [2.05, 4.69) is 40.0 Å². The summed E-state index contributed by atoms with van der Waals surface area (Å²) in [6.45, 7) is 5.36. The first-order valence-corrected chi connectivity index (χ1v) is 15.7. The fraction of sp³-hybridized carbons (Fsp3) is 0.438. The molecule has 8 heteroatoms. The van der Waals surface area contributed by atoms with Crippen LogP contribution in [-0.4, -0.2) is 38.7 Å². The van der Waals surface area contributed by atoms with Crippen molar-refractivity contribution in [2.24, 2.45) is 0 Å². The quantitative estimate of drug-likeness (QED) is 0.291. The Morgan fingerprint density at radius 2 is 1.67 bits per heavy atom. The van der Waals surface area contributed by atoms with Crippen molar-refractivity contribution in [2.75, 3.05) is 25.7 Å². The van der Waals surface area contributed by atoms with E-state index in [1.54, 1.807) is 6.92 Å². The first-order chi connectivity index (χ1) is 10.8. The molecule has 0 N–H and O–H groups in total. The molecule has 5 nitrogen and oxygen atoms in total. The van der Waals surface area contributed by atoms with Crippen molar-refractivity contribution >= 4 is 57.5 Å². The monoisotopic (exact) mass is 599 g/mol. The van der Waals surface area contributed by atoms with Gasteiger partial charge in [-0.05, 0) is 31.9 Å². The SMILES string of the molecule is COCC(=O)N(c1c(C)cccc1C)C(C)C(=O)OC.[CH3-].[I][V][I]. The Bertz CT molecular complexity index is 509. The van der Waals surface area contributed by atoms with E-state index in [4.69, 9.17) is 9.47 Å². The van der Waals surface area contributed by atoms with E-state index in [1.165, 1.54) is 19.1 Å². The third-order valence-corrected chi connectivity index (χ3v) is 3.15. The van der Waals surface area contributed by atoms with Crippen LogP contribution in [0, 0.1) is 21.3 Å². The summed E-state index contributed by atoms with van der Waals surface area (Å²) in [5.74, 6) is -0.736. The average Bonchev–Trinajstić information content (AvgIpc) is 2.50. The minimum absolute atomic E-state index is 0. The standard InChI is InChI=1S/C15H21NO4.CH3.2HI.V/c1-10-7-6-8-11(2)14(10)16(13(17)9-19-4)12(3)15(18)20-5;;;;/h6-8,12H,9H2,1-5H3;1H3;2*1H;/q;-1;;;+2/p-2. The molecule has 0 aliphatic rings. The summed E-state index contributed by atoms with van der Waals surface area (Å²) < 4.78 is 9.65. The number of methoxy groups -OCH3 is 2. The number of benzene rings is 1. The molecule has 1 rings (SSSR count). The van der Waals surface area contributed by atoms with E-state index in [1.807, 2.05) is 32.0 Å². The number of carbonyl (C=O) groups is 2. The van der Waals surface area contributed by atoms with Crippen LogP contribution in [0.2, 0.25) is 0 Å². The molecule has 0 saturated heterocycles. The number of hydrogen-bond acceptors (Lipinski definition) is 4. The Morgan fingerprint density at radius 1 is 1.21 bits per heavy atom. The van der Waals surface area contributed by atoms with Crippen LogP contribution in [0.1, 0.15) is 18.1 Å². The Kier molecular flexibility index (Phi) is 15.8. The Morgan fingerprint density at radius 3 is 2.04 bits per heavy atom. The van der Waals surface area contributed by atoms with Gasteiger partial charge < -0.3 is 16.9 Å². The molecule has 0 aliphatic heterocycles. The van der Waals surface area contributed by atoms with Gasteiger partial charge in [-0.1, -0.05) is 18.2 Å². The van der Waals surface area contributed by atoms with E-state index in [9.17, 15) is 9.59 Å². The van der Waals surface area contributed by atoms with Gasteiger partial charge in [-0.3, -0.25) is 9.69 Å². The zero-order valence-electron chi connectivity index (χ0n) is 14.8. The number of hydrogen-bond donors (Lipinski definition) is 0. The minimum atomic E-state index is -0.706. The fourth-order valence-electron chi connectivity index (χ4n) is 2.19. The van der Waals surface area contributed by atoms with Gasteiger partial charge in [0, 0.05) is 7.11 Å². The average molecular weight is 599 g/mol. The Labute approximate surface area is 174 Å². The Hall–Kier alpha value is 0.164. The second-order valence-electron chi connectivity index (χ2n) is 4.70. The van der Waals surface area contributed by atoms with Crippen LogP contribution in [0.4, 0.5) is 5.69 Å². The predicted octanol–water partition coefficient (Wildman–Crippen LogP) is 4.06. The number of ether oxygens (including phenoxy) is 2. The van der Waals surface area contributed by atoms with Crippen molar-refractivity contribution in [3.05, 3.63) is 36.8 Å². The second kappa shape index (κ2) is 14.3. The van der Waals surface area contributed by atoms with Gasteiger partial charge in [0.2, 0.25) is 0 Å². The van der Waals surface area contributed by atoms with E-state index in [-0.39, 0.29) is 19.9 Å². The van der Waals surface area contributed by atoms with Gasteiger partial charge in [-0.25, -0.2) is 4.79 Å². The van der Waals surface area contributed by atoms with E-state index >= 15 is 0 Å². The summed E-state index contributed by atoms with van der Waals surface area (Å²) in [6.07, 6.45) is 0. The normalized spacial score (nSPS) is 10.5. The van der Waals surface area contributed by atoms with Gasteiger partial charge in [-0.2, -0.15) is 0 Å². The third-order valence-electron chi connectivity index (χ3n) is 3.15. The summed E-state index contributed by atoms with van der Waals surface area (Å²) >= 11 is 4.74. The van der Waals surface area contributed by atoms with E-state index in [0.29, 0.717) is 9.47 Å². The third kappa shape index (κ3) is 8.03. The molecular formula is C16H24I2NO4V-. The van der Waals surface area contributed by atoms with Gasteiger partial charge in [0.15, 0.2) is 0 Å². The van der Waals surface area contributed by atoms with Gasteiger partial charge in [0.25, 0.3) is 5.91 Å². The van der Waals surface area contributed by atoms with E-state index in [0.717, 1.165) is 16.8 Å². The number of aryl methyl sites for hydroxylation is 2. The van der Waals surface area contributed by atoms with Crippen LogP contribution in [0.5, 0.6) is 0 Å². The molecule has 0 heterocycles. The number of para-hydroxylation sites is 1. The number of esters is 1. The summed E-state index contributed by atoms with van der Waals surface area (Å²) in [7, 11) is 3.38. The zero-order valence-corrected chi connectivity index (χ0v) is 20.5. The molecule has 1 unspecified atom stereocenters. The van der Waals surface area contributed by atoms with Gasteiger partial charge in [0.1, 0.15) is 12.6 Å². The molecule has 0 fully saturated rings. The maximum absolute atomic E-state index is 12.3. The van der Waals surface area contributed by atoms with Crippen LogP contribution in [0.3, 0.4) is 0 Å². The first kappa shape index (κ1) is 26.4. The molecule has 1 aromatic rings. The first-order valence-electron chi connectivity index (χ1n) is 6.72. The fourth-order valence-corrected chi connectivity index (χ4v) is 2.19. The van der Waals surface area contributed by atoms with Crippen molar-refractivity contribution < 1.29 is 28.5 Å². The maximum atomic E-state index is 12.3. The number of carbonyl (C=O) groups excluding carboxylic acids is 2. The molecule has 1 amide bonds. The van der Waals surface area contributed by atoms with Crippen LogP contribution in [0.15, 0.2) is 18.2 Å². The van der Waals surface area contributed by atoms with Gasteiger partial charge in [0.05, 0.1) is 12.8 Å². The molecule has 0 radical (unpaired) electrons. The number of rotatable bonds is 5. The molecule has 137 valence electrons. The molecule has 0 bridgehead atoms. The zero-order chi connectivity index (χ0) is 18.0. The summed E-state index contributed by atoms with van der Waals surface area (Å²) in [5.41, 5.74) is 2.57. The number of amides is 1. The molecular weight excluding hydrogens is 575 g/mol. The summed E-state index contributed by atoms with van der Waals surface area (Å²) in [5, 5.41) is 0. The Balaban J connectivity index is 0. The number of anilines is 1. The van der Waals surface area contributed by atoms with Crippen molar-refractivity contribution in [3.8, 4) is 0 Å². The number of nitrogens with zero attached hydrogens (tertiary/aromatic N) is 1. The second-order valence-corrected chi connectivity index (χ2v) is 16.5. The van der Waals surface area contributed by atoms with Gasteiger partial charge in [-0.15, -0.1) is 0 Å². The van der Waals surface area contributed by atoms with Crippen LogP contribution in [0.25, 0.3) is 0 Å². The molecule has 24 heavy (non-hydrogen) atoms. The summed E-state index contributed by atoms with van der Waals surface area (Å²) in [6, 6.07) is 5.01. The molecule has 0 aromatic heterocycles. The summed E-state index contributed by atoms with van der Waals surface area (Å²) in [4.78, 5) is 25.5. The van der Waals surface area contributed by atoms with Crippen LogP contribution >= 0.6 is 40.0 Å². The van der Waals surface area contributed by atoms with Crippen molar-refractivity contribution in [2.45, 2.75) is 26.8 Å². The topological polar surface area (TPSA) is 55.8 Å². The number of halogens is 2. The van der Waals surface area contributed by atoms with Crippen molar-refractivity contribution in [3.63, 3.8) is 0 Å². The molecule has 1 atom stereocenters. The molecule has 0 saturated carbocycles. The van der Waals surface area contributed by atoms with Crippen molar-refractivity contribution in [1.82, 2.24) is 0 Å². The van der Waals surface area contributed by atoms with Crippen LogP contribution in [-0.2, 0) is 28.5 Å². The van der Waals surface area contributed by atoms with Gasteiger partial charge >= 0.3 is 55.4 Å². The molecule has 0 aliphatic carbocycles. The molecule has 0 spiro atoms. The van der Waals surface area contributed by atoms with E-state index < -0.39 is 12.0 Å².